The van der Waals surface area contributed by atoms with Gasteiger partial charge in [0.25, 0.3) is 0 Å². The van der Waals surface area contributed by atoms with Crippen LogP contribution in [0.1, 0.15) is 11.1 Å². The van der Waals surface area contributed by atoms with Crippen molar-refractivity contribution in [2.24, 2.45) is 4.99 Å². The first-order valence-corrected chi connectivity index (χ1v) is 10.5. The van der Waals surface area contributed by atoms with E-state index in [9.17, 15) is 0 Å². The van der Waals surface area contributed by atoms with Gasteiger partial charge in [-0.05, 0) is 48.5 Å². The van der Waals surface area contributed by atoms with E-state index in [-0.39, 0.29) is 0 Å². The molecule has 0 aromatic heterocycles. The molecule has 0 saturated carbocycles. The highest BCUT2D eigenvalue weighted by atomic mass is 16.6. The normalized spacial score (nSPS) is 10.3. The molecule has 0 fully saturated rings. The summed E-state index contributed by atoms with van der Waals surface area (Å²) in [4.78, 5) is 4.97. The summed E-state index contributed by atoms with van der Waals surface area (Å²) in [7, 11) is 3.31. The second kappa shape index (κ2) is 10.5. The summed E-state index contributed by atoms with van der Waals surface area (Å²) in [6, 6.07) is 36.2. The van der Waals surface area contributed by atoms with Crippen molar-refractivity contribution >= 4 is 30.3 Å². The number of nitrogens with zero attached hydrogens (tertiary/aromatic N) is 2. The van der Waals surface area contributed by atoms with Crippen molar-refractivity contribution in [2.45, 2.75) is 6.82 Å². The van der Waals surface area contributed by atoms with Crippen molar-refractivity contribution in [3.05, 3.63) is 120 Å². The van der Waals surface area contributed by atoms with Crippen LogP contribution in [-0.2, 0) is 4.76 Å². The van der Waals surface area contributed by atoms with Crippen LogP contribution in [0.5, 0.6) is 5.75 Å². The minimum atomic E-state index is 0.799. The topological polar surface area (TPSA) is 34.1 Å². The summed E-state index contributed by atoms with van der Waals surface area (Å²) < 4.78 is 11.0. The Kier molecular flexibility index (Phi) is 7.00. The molecule has 4 nitrogen and oxygen atoms in total. The van der Waals surface area contributed by atoms with Gasteiger partial charge in [0.15, 0.2) is 0 Å². The second-order valence-corrected chi connectivity index (χ2v) is 7.04. The number of ether oxygens (including phenoxy) is 1. The van der Waals surface area contributed by atoms with Crippen LogP contribution in [0.3, 0.4) is 0 Å². The maximum atomic E-state index is 5.78. The van der Waals surface area contributed by atoms with E-state index < -0.39 is 0 Å². The molecule has 0 atom stereocenters. The first-order chi connectivity index (χ1) is 15.8. The first-order valence-electron chi connectivity index (χ1n) is 10.5. The van der Waals surface area contributed by atoms with Crippen LogP contribution in [0, 0.1) is 0 Å². The Bertz CT molecular complexity index is 1100. The largest absolute Gasteiger partial charge is 0.497 e. The number of methoxy groups -OCH3 is 1. The monoisotopic (exact) mass is 419 g/mol. The van der Waals surface area contributed by atoms with E-state index >= 15 is 0 Å². The molecule has 0 aliphatic rings. The molecule has 0 heterocycles. The molecule has 0 aliphatic heterocycles. The predicted octanol–water partition coefficient (Wildman–Crippen LogP) is 6.60. The lowest BCUT2D eigenvalue weighted by Crippen LogP contribution is -2.18. The molecule has 157 valence electrons. The quantitative estimate of drug-likeness (QED) is 0.183. The molecular weight excluding hydrogens is 395 g/mol. The number of rotatable bonds is 8. The summed E-state index contributed by atoms with van der Waals surface area (Å²) in [5.74, 6) is 0.799. The van der Waals surface area contributed by atoms with Crippen molar-refractivity contribution in [1.82, 2.24) is 0 Å². The maximum absolute atomic E-state index is 5.78. The van der Waals surface area contributed by atoms with Crippen LogP contribution in [0.25, 0.3) is 0 Å². The lowest BCUT2D eigenvalue weighted by Gasteiger charge is -2.24. The molecule has 0 bridgehead atoms. The van der Waals surface area contributed by atoms with E-state index in [1.165, 1.54) is 0 Å². The van der Waals surface area contributed by atoms with Crippen LogP contribution in [0.15, 0.2) is 114 Å². The highest BCUT2D eigenvalue weighted by Crippen LogP contribution is 2.29. The highest BCUT2D eigenvalue weighted by Gasteiger charge is 2.11. The van der Waals surface area contributed by atoms with Crippen molar-refractivity contribution in [3.63, 3.8) is 0 Å². The fourth-order valence-corrected chi connectivity index (χ4v) is 3.37. The zero-order valence-electron chi connectivity index (χ0n) is 18.2. The molecule has 4 aromatic carbocycles. The molecule has 0 aliphatic carbocycles. The molecule has 0 saturated heterocycles. The molecule has 4 aromatic rings. The standard InChI is InChI=1S/C27H24BN2O2/c1-28-32-30(25-17-19-26(31-2)20-18-25)24-15-13-23(14-16-24)29-27(21-9-5-3-6-10-21)22-11-7-4-8-12-22/h3-20H,1-2H3. The van der Waals surface area contributed by atoms with Crippen LogP contribution in [-0.4, -0.2) is 20.3 Å². The van der Waals surface area contributed by atoms with Gasteiger partial charge in [-0.2, -0.15) is 0 Å². The average molecular weight is 419 g/mol. The van der Waals surface area contributed by atoms with Gasteiger partial charge in [0.2, 0.25) is 0 Å². The fourth-order valence-electron chi connectivity index (χ4n) is 3.37. The molecule has 0 N–H and O–H groups in total. The van der Waals surface area contributed by atoms with Gasteiger partial charge in [0.05, 0.1) is 29.9 Å². The molecule has 0 amide bonds. The third-order valence-corrected chi connectivity index (χ3v) is 4.94. The Morgan fingerprint density at radius 2 is 1.19 bits per heavy atom. The Balaban J connectivity index is 1.66. The van der Waals surface area contributed by atoms with Gasteiger partial charge in [-0.15, -0.1) is 0 Å². The summed E-state index contributed by atoms with van der Waals surface area (Å²) in [6.45, 7) is 1.85. The first kappa shape index (κ1) is 21.4. The van der Waals surface area contributed by atoms with Gasteiger partial charge >= 0.3 is 7.48 Å². The van der Waals surface area contributed by atoms with Crippen molar-refractivity contribution < 1.29 is 9.49 Å². The van der Waals surface area contributed by atoms with E-state index in [0.717, 1.165) is 39.7 Å². The smallest absolute Gasteiger partial charge is 0.331 e. The molecule has 1 radical (unpaired) electrons. The molecule has 4 rings (SSSR count). The van der Waals surface area contributed by atoms with Crippen LogP contribution in [0.4, 0.5) is 17.1 Å². The Labute approximate surface area is 190 Å². The number of anilines is 2. The lowest BCUT2D eigenvalue weighted by atomic mass is 10.0. The molecule has 5 heteroatoms. The third kappa shape index (κ3) is 5.07. The Morgan fingerprint density at radius 3 is 1.66 bits per heavy atom. The minimum Gasteiger partial charge on any atom is -0.497 e. The summed E-state index contributed by atoms with van der Waals surface area (Å²) in [5.41, 5.74) is 5.75. The van der Waals surface area contributed by atoms with E-state index in [1.54, 1.807) is 19.7 Å². The summed E-state index contributed by atoms with van der Waals surface area (Å²) >= 11 is 0. The third-order valence-electron chi connectivity index (χ3n) is 4.94. The lowest BCUT2D eigenvalue weighted by molar-refractivity contribution is 0.346. The van der Waals surface area contributed by atoms with Crippen molar-refractivity contribution in [2.75, 3.05) is 12.2 Å². The van der Waals surface area contributed by atoms with Gasteiger partial charge in [0, 0.05) is 11.1 Å². The zero-order valence-corrected chi connectivity index (χ0v) is 18.2. The maximum Gasteiger partial charge on any atom is 0.331 e. The Morgan fingerprint density at radius 1 is 0.688 bits per heavy atom. The van der Waals surface area contributed by atoms with Gasteiger partial charge in [-0.1, -0.05) is 67.5 Å². The minimum absolute atomic E-state index is 0.799. The van der Waals surface area contributed by atoms with Gasteiger partial charge in [-0.25, -0.2) is 10.1 Å². The van der Waals surface area contributed by atoms with Gasteiger partial charge < -0.3 is 9.49 Å². The SMILES string of the molecule is C[B]ON(c1ccc(N=C(c2ccccc2)c2ccccc2)cc1)c1ccc(OC)cc1. The van der Waals surface area contributed by atoms with Gasteiger partial charge in [-0.3, -0.25) is 0 Å². The van der Waals surface area contributed by atoms with Crippen LogP contribution < -0.4 is 9.80 Å². The number of benzene rings is 4. The van der Waals surface area contributed by atoms with E-state index in [1.807, 2.05) is 91.8 Å². The highest BCUT2D eigenvalue weighted by molar-refractivity contribution is 6.25. The summed E-state index contributed by atoms with van der Waals surface area (Å²) in [5, 5.41) is 1.77. The number of aliphatic imine (C=N–C) groups is 1. The molecule has 0 unspecified atom stereocenters. The van der Waals surface area contributed by atoms with Crippen LogP contribution in [0.2, 0.25) is 6.82 Å². The Hall–Kier alpha value is -3.83. The zero-order chi connectivity index (χ0) is 22.2. The summed E-state index contributed by atoms with van der Waals surface area (Å²) in [6.07, 6.45) is 0. The average Bonchev–Trinajstić information content (AvgIpc) is 2.87. The van der Waals surface area contributed by atoms with E-state index in [0.29, 0.717) is 0 Å². The molecule has 0 spiro atoms. The predicted molar refractivity (Wildman–Crippen MR) is 132 cm³/mol. The number of hydrogen-bond donors (Lipinski definition) is 0. The van der Waals surface area contributed by atoms with E-state index in [2.05, 4.69) is 24.3 Å². The number of hydrogen-bond acceptors (Lipinski definition) is 4. The molecular formula is C27H24BN2O2. The van der Waals surface area contributed by atoms with Crippen molar-refractivity contribution in [3.8, 4) is 5.75 Å². The van der Waals surface area contributed by atoms with Crippen molar-refractivity contribution in [1.29, 1.82) is 0 Å². The van der Waals surface area contributed by atoms with Crippen LogP contribution >= 0.6 is 0 Å². The molecule has 32 heavy (non-hydrogen) atoms. The van der Waals surface area contributed by atoms with E-state index in [4.69, 9.17) is 14.5 Å². The van der Waals surface area contributed by atoms with Gasteiger partial charge in [0.1, 0.15) is 5.75 Å². The second-order valence-electron chi connectivity index (χ2n) is 7.04. The fraction of sp³-hybridized carbons (Fsp3) is 0.0741.